The Hall–Kier alpha value is -1.16. The lowest BCUT2D eigenvalue weighted by atomic mass is 10.3. The fraction of sp³-hybridized carbons (Fsp3) is 0.375. The normalized spacial score (nSPS) is 9.69. The quantitative estimate of drug-likeness (QED) is 0.677. The van der Waals surface area contributed by atoms with Crippen molar-refractivity contribution in [2.75, 3.05) is 19.5 Å². The second-order valence-electron chi connectivity index (χ2n) is 2.54. The van der Waals surface area contributed by atoms with Gasteiger partial charge in [0.05, 0.1) is 5.56 Å². The van der Waals surface area contributed by atoms with E-state index in [2.05, 4.69) is 9.97 Å². The summed E-state index contributed by atoms with van der Waals surface area (Å²) in [7, 11) is 1.69. The summed E-state index contributed by atoms with van der Waals surface area (Å²) in [5.41, 5.74) is 0.482. The van der Waals surface area contributed by atoms with Gasteiger partial charge in [-0.2, -0.15) is 0 Å². The number of hydrogen-bond acceptors (Lipinski definition) is 3. The number of alkyl halides is 1. The van der Waals surface area contributed by atoms with E-state index < -0.39 is 0 Å². The Kier molecular flexibility index (Phi) is 3.64. The minimum Gasteiger partial charge on any atom is -0.340 e. The molecule has 1 heterocycles. The molecule has 4 nitrogen and oxygen atoms in total. The highest BCUT2D eigenvalue weighted by molar-refractivity contribution is 6.18. The van der Waals surface area contributed by atoms with Crippen molar-refractivity contribution < 1.29 is 4.79 Å². The summed E-state index contributed by atoms with van der Waals surface area (Å²) in [5, 5.41) is 0. The van der Waals surface area contributed by atoms with Crippen molar-refractivity contribution in [1.82, 2.24) is 14.9 Å². The first-order chi connectivity index (χ1) is 6.25. The van der Waals surface area contributed by atoms with Gasteiger partial charge in [-0.05, 0) is 0 Å². The highest BCUT2D eigenvalue weighted by Crippen LogP contribution is 1.99. The lowest BCUT2D eigenvalue weighted by Gasteiger charge is -2.14. The van der Waals surface area contributed by atoms with Gasteiger partial charge in [0.25, 0.3) is 5.91 Å². The molecule has 0 fully saturated rings. The van der Waals surface area contributed by atoms with E-state index in [1.807, 2.05) is 0 Å². The number of hydrogen-bond donors (Lipinski definition) is 0. The summed E-state index contributed by atoms with van der Waals surface area (Å²) in [6, 6.07) is 0. The SMILES string of the molecule is CN(CCCl)C(=O)c1cncnc1. The molecule has 1 aromatic rings. The maximum absolute atomic E-state index is 11.5. The van der Waals surface area contributed by atoms with E-state index in [-0.39, 0.29) is 5.91 Å². The zero-order chi connectivity index (χ0) is 9.68. The van der Waals surface area contributed by atoms with Crippen LogP contribution in [0.5, 0.6) is 0 Å². The van der Waals surface area contributed by atoms with Gasteiger partial charge in [0.2, 0.25) is 0 Å². The predicted molar refractivity (Wildman–Crippen MR) is 49.7 cm³/mol. The average molecular weight is 200 g/mol. The summed E-state index contributed by atoms with van der Waals surface area (Å²) in [4.78, 5) is 20.6. The van der Waals surface area contributed by atoms with Gasteiger partial charge in [0.1, 0.15) is 6.33 Å². The Morgan fingerprint density at radius 3 is 2.69 bits per heavy atom. The van der Waals surface area contributed by atoms with Gasteiger partial charge in [0, 0.05) is 31.9 Å². The van der Waals surface area contributed by atoms with Gasteiger partial charge in [-0.1, -0.05) is 0 Å². The third-order valence-corrected chi connectivity index (χ3v) is 1.74. The minimum absolute atomic E-state index is 0.110. The lowest BCUT2D eigenvalue weighted by Crippen LogP contribution is -2.28. The second-order valence-corrected chi connectivity index (χ2v) is 2.92. The predicted octanol–water partition coefficient (Wildman–Crippen LogP) is 0.787. The number of nitrogens with zero attached hydrogens (tertiary/aromatic N) is 3. The van der Waals surface area contributed by atoms with Gasteiger partial charge < -0.3 is 4.90 Å². The molecule has 0 saturated carbocycles. The summed E-state index contributed by atoms with van der Waals surface area (Å²) in [6.07, 6.45) is 4.36. The number of carbonyl (C=O) groups excluding carboxylic acids is 1. The summed E-state index contributed by atoms with van der Waals surface area (Å²) >= 11 is 5.50. The Labute approximate surface area is 81.6 Å². The van der Waals surface area contributed by atoms with Crippen LogP contribution in [0.15, 0.2) is 18.7 Å². The topological polar surface area (TPSA) is 46.1 Å². The highest BCUT2D eigenvalue weighted by Gasteiger charge is 2.10. The fourth-order valence-corrected chi connectivity index (χ4v) is 1.11. The summed E-state index contributed by atoms with van der Waals surface area (Å²) < 4.78 is 0. The second kappa shape index (κ2) is 4.77. The molecule has 0 aromatic carbocycles. The first-order valence-electron chi connectivity index (χ1n) is 3.82. The van der Waals surface area contributed by atoms with E-state index in [1.165, 1.54) is 23.6 Å². The first kappa shape index (κ1) is 9.92. The van der Waals surface area contributed by atoms with Crippen molar-refractivity contribution in [3.8, 4) is 0 Å². The number of halogens is 1. The van der Waals surface area contributed by atoms with Crippen LogP contribution in [0.4, 0.5) is 0 Å². The molecule has 70 valence electrons. The van der Waals surface area contributed by atoms with Crippen molar-refractivity contribution in [1.29, 1.82) is 0 Å². The maximum atomic E-state index is 11.5. The van der Waals surface area contributed by atoms with Crippen LogP contribution in [0, 0.1) is 0 Å². The third-order valence-electron chi connectivity index (χ3n) is 1.57. The molecule has 13 heavy (non-hydrogen) atoms. The smallest absolute Gasteiger partial charge is 0.256 e. The molecule has 0 aliphatic rings. The molecule has 0 unspecified atom stereocenters. The zero-order valence-corrected chi connectivity index (χ0v) is 8.03. The Balaban J connectivity index is 2.68. The molecule has 1 aromatic heterocycles. The molecular weight excluding hydrogens is 190 g/mol. The number of aromatic nitrogens is 2. The van der Waals surface area contributed by atoms with Gasteiger partial charge >= 0.3 is 0 Å². The van der Waals surface area contributed by atoms with Gasteiger partial charge in [-0.15, -0.1) is 11.6 Å². The number of rotatable bonds is 3. The van der Waals surface area contributed by atoms with E-state index in [9.17, 15) is 4.79 Å². The van der Waals surface area contributed by atoms with Crippen LogP contribution in [0.3, 0.4) is 0 Å². The monoisotopic (exact) mass is 199 g/mol. The third kappa shape index (κ3) is 2.66. The van der Waals surface area contributed by atoms with E-state index in [0.29, 0.717) is 18.0 Å². The van der Waals surface area contributed by atoms with Crippen LogP contribution >= 0.6 is 11.6 Å². The number of amides is 1. The summed E-state index contributed by atoms with van der Waals surface area (Å²) in [6.45, 7) is 0.523. The summed E-state index contributed by atoms with van der Waals surface area (Å²) in [5.74, 6) is 0.317. The molecule has 1 rings (SSSR count). The van der Waals surface area contributed by atoms with E-state index in [0.717, 1.165) is 0 Å². The van der Waals surface area contributed by atoms with E-state index in [1.54, 1.807) is 7.05 Å². The van der Waals surface area contributed by atoms with Crippen LogP contribution in [0.25, 0.3) is 0 Å². The Morgan fingerprint density at radius 2 is 2.15 bits per heavy atom. The van der Waals surface area contributed by atoms with Gasteiger partial charge in [0.15, 0.2) is 0 Å². The van der Waals surface area contributed by atoms with Gasteiger partial charge in [-0.25, -0.2) is 9.97 Å². The molecule has 0 aliphatic heterocycles. The van der Waals surface area contributed by atoms with Crippen molar-refractivity contribution in [2.45, 2.75) is 0 Å². The molecule has 0 aliphatic carbocycles. The van der Waals surface area contributed by atoms with E-state index in [4.69, 9.17) is 11.6 Å². The fourth-order valence-electron chi connectivity index (χ4n) is 0.858. The van der Waals surface area contributed by atoms with Crippen molar-refractivity contribution in [3.63, 3.8) is 0 Å². The van der Waals surface area contributed by atoms with Crippen molar-refractivity contribution >= 4 is 17.5 Å². The molecule has 5 heteroatoms. The number of carbonyl (C=O) groups is 1. The standard InChI is InChI=1S/C8H10ClN3O/c1-12(3-2-9)8(13)7-4-10-6-11-5-7/h4-6H,2-3H2,1H3. The minimum atomic E-state index is -0.110. The van der Waals surface area contributed by atoms with Crippen LogP contribution in [0.1, 0.15) is 10.4 Å². The highest BCUT2D eigenvalue weighted by atomic mass is 35.5. The molecule has 0 saturated heterocycles. The average Bonchev–Trinajstić information content (AvgIpc) is 2.18. The molecule has 0 atom stereocenters. The zero-order valence-electron chi connectivity index (χ0n) is 7.27. The first-order valence-corrected chi connectivity index (χ1v) is 4.35. The lowest BCUT2D eigenvalue weighted by molar-refractivity contribution is 0.0802. The van der Waals surface area contributed by atoms with E-state index >= 15 is 0 Å². The van der Waals surface area contributed by atoms with Crippen LogP contribution in [0.2, 0.25) is 0 Å². The molecule has 0 N–H and O–H groups in total. The van der Waals surface area contributed by atoms with Crippen molar-refractivity contribution in [3.05, 3.63) is 24.3 Å². The molecule has 0 bridgehead atoms. The molecule has 0 radical (unpaired) electrons. The largest absolute Gasteiger partial charge is 0.340 e. The van der Waals surface area contributed by atoms with Crippen molar-refractivity contribution in [2.24, 2.45) is 0 Å². The Morgan fingerprint density at radius 1 is 1.54 bits per heavy atom. The molecular formula is C8H10ClN3O. The van der Waals surface area contributed by atoms with Crippen LogP contribution in [-0.2, 0) is 0 Å². The molecule has 1 amide bonds. The maximum Gasteiger partial charge on any atom is 0.256 e. The molecule has 0 spiro atoms. The van der Waals surface area contributed by atoms with Gasteiger partial charge in [-0.3, -0.25) is 4.79 Å². The van der Waals surface area contributed by atoms with Crippen LogP contribution in [-0.4, -0.2) is 40.2 Å². The van der Waals surface area contributed by atoms with Crippen LogP contribution < -0.4 is 0 Å². The Bertz CT molecular complexity index is 278.